The predicted octanol–water partition coefficient (Wildman–Crippen LogP) is 3.79. The Kier molecular flexibility index (Phi) is 9.54. The van der Waals surface area contributed by atoms with Gasteiger partial charge in [0.2, 0.25) is 0 Å². The van der Waals surface area contributed by atoms with Crippen LogP contribution in [0.4, 0.5) is 17.1 Å². The van der Waals surface area contributed by atoms with Gasteiger partial charge in [-0.1, -0.05) is 18.2 Å². The van der Waals surface area contributed by atoms with Crippen molar-refractivity contribution >= 4 is 40.2 Å². The lowest BCUT2D eigenvalue weighted by Crippen LogP contribution is -2.47. The molecule has 2 amide bonds. The van der Waals surface area contributed by atoms with Crippen LogP contribution in [0.1, 0.15) is 26.5 Å². The SMILES string of the molecule is COc1ccccc1N1CCN(c2ccc(NC(=O)c3cccs3)cc2C(=O)NCCCN2CCOCC2)CC1. The Morgan fingerprint density at radius 3 is 2.38 bits per heavy atom. The largest absolute Gasteiger partial charge is 0.495 e. The molecule has 1 aromatic heterocycles. The second-order valence-corrected chi connectivity index (χ2v) is 10.8. The summed E-state index contributed by atoms with van der Waals surface area (Å²) in [5.41, 5.74) is 3.13. The molecular weight excluding hydrogens is 526 g/mol. The summed E-state index contributed by atoms with van der Waals surface area (Å²) in [6.07, 6.45) is 0.869. The zero-order chi connectivity index (χ0) is 27.7. The molecule has 2 fully saturated rings. The highest BCUT2D eigenvalue weighted by Crippen LogP contribution is 2.31. The van der Waals surface area contributed by atoms with E-state index in [1.807, 2.05) is 41.8 Å². The molecule has 3 heterocycles. The summed E-state index contributed by atoms with van der Waals surface area (Å²) in [5, 5.41) is 7.94. The first-order valence-electron chi connectivity index (χ1n) is 13.8. The van der Waals surface area contributed by atoms with Crippen LogP contribution in [0.15, 0.2) is 60.0 Å². The first-order chi connectivity index (χ1) is 19.6. The number of ether oxygens (including phenoxy) is 2. The van der Waals surface area contributed by atoms with Crippen molar-refractivity contribution in [2.24, 2.45) is 0 Å². The number of para-hydroxylation sites is 2. The third kappa shape index (κ3) is 6.93. The van der Waals surface area contributed by atoms with Crippen LogP contribution in [0.5, 0.6) is 5.75 Å². The van der Waals surface area contributed by atoms with Gasteiger partial charge in [0.1, 0.15) is 5.75 Å². The van der Waals surface area contributed by atoms with E-state index >= 15 is 0 Å². The Labute approximate surface area is 239 Å². The van der Waals surface area contributed by atoms with Gasteiger partial charge in [-0.05, 0) is 54.7 Å². The quantitative estimate of drug-likeness (QED) is 0.363. The summed E-state index contributed by atoms with van der Waals surface area (Å²) in [6.45, 7) is 8.05. The van der Waals surface area contributed by atoms with Crippen molar-refractivity contribution in [2.75, 3.05) is 87.8 Å². The van der Waals surface area contributed by atoms with E-state index in [1.54, 1.807) is 19.2 Å². The van der Waals surface area contributed by atoms with Crippen molar-refractivity contribution in [1.29, 1.82) is 0 Å². The number of carbonyl (C=O) groups excluding carboxylic acids is 2. The number of morpholine rings is 1. The molecule has 2 saturated heterocycles. The number of nitrogens with zero attached hydrogens (tertiary/aromatic N) is 3. The predicted molar refractivity (Wildman–Crippen MR) is 160 cm³/mol. The number of piperazine rings is 1. The van der Waals surface area contributed by atoms with Gasteiger partial charge in [-0.3, -0.25) is 14.5 Å². The Bertz CT molecular complexity index is 1270. The van der Waals surface area contributed by atoms with Crippen LogP contribution in [0.25, 0.3) is 0 Å². The van der Waals surface area contributed by atoms with Gasteiger partial charge in [-0.15, -0.1) is 11.3 Å². The van der Waals surface area contributed by atoms with Crippen LogP contribution in [0.2, 0.25) is 0 Å². The van der Waals surface area contributed by atoms with Crippen LogP contribution in [-0.4, -0.2) is 89.4 Å². The first kappa shape index (κ1) is 27.9. The summed E-state index contributed by atoms with van der Waals surface area (Å²) in [4.78, 5) is 33.7. The minimum absolute atomic E-state index is 0.128. The van der Waals surface area contributed by atoms with Crippen LogP contribution < -0.4 is 25.2 Å². The molecule has 2 aliphatic heterocycles. The highest BCUT2D eigenvalue weighted by atomic mass is 32.1. The second kappa shape index (κ2) is 13.6. The van der Waals surface area contributed by atoms with Gasteiger partial charge in [0.05, 0.1) is 36.5 Å². The zero-order valence-electron chi connectivity index (χ0n) is 22.9. The number of methoxy groups -OCH3 is 1. The van der Waals surface area contributed by atoms with Gasteiger partial charge in [-0.2, -0.15) is 0 Å². The maximum Gasteiger partial charge on any atom is 0.265 e. The Morgan fingerprint density at radius 2 is 1.65 bits per heavy atom. The van der Waals surface area contributed by atoms with Gasteiger partial charge < -0.3 is 29.9 Å². The number of amides is 2. The molecule has 2 aliphatic rings. The van der Waals surface area contributed by atoms with E-state index < -0.39 is 0 Å². The first-order valence-corrected chi connectivity index (χ1v) is 14.7. The van der Waals surface area contributed by atoms with Crippen molar-refractivity contribution < 1.29 is 19.1 Å². The number of anilines is 3. The Morgan fingerprint density at radius 1 is 0.900 bits per heavy atom. The maximum atomic E-state index is 13.5. The van der Waals surface area contributed by atoms with Gasteiger partial charge in [0.25, 0.3) is 11.8 Å². The van der Waals surface area contributed by atoms with Crippen LogP contribution in [0.3, 0.4) is 0 Å². The summed E-state index contributed by atoms with van der Waals surface area (Å²) < 4.78 is 11.0. The molecule has 2 N–H and O–H groups in total. The third-order valence-electron chi connectivity index (χ3n) is 7.33. The minimum atomic E-state index is -0.176. The molecule has 2 aromatic carbocycles. The van der Waals surface area contributed by atoms with Crippen molar-refractivity contribution in [2.45, 2.75) is 6.42 Å². The molecule has 0 bridgehead atoms. The van der Waals surface area contributed by atoms with Crippen molar-refractivity contribution in [1.82, 2.24) is 10.2 Å². The molecule has 0 spiro atoms. The molecular formula is C30H37N5O4S. The Hall–Kier alpha value is -3.60. The molecule has 3 aromatic rings. The number of hydrogen-bond acceptors (Lipinski definition) is 8. The molecule has 0 aliphatic carbocycles. The van der Waals surface area contributed by atoms with E-state index in [1.165, 1.54) is 11.3 Å². The molecule has 0 radical (unpaired) electrons. The van der Waals surface area contributed by atoms with Crippen LogP contribution in [0, 0.1) is 0 Å². The highest BCUT2D eigenvalue weighted by Gasteiger charge is 2.24. The molecule has 9 nitrogen and oxygen atoms in total. The lowest BCUT2D eigenvalue weighted by molar-refractivity contribution is 0.0374. The fourth-order valence-corrected chi connectivity index (χ4v) is 5.79. The smallest absolute Gasteiger partial charge is 0.265 e. The molecule has 212 valence electrons. The molecule has 40 heavy (non-hydrogen) atoms. The molecule has 0 saturated carbocycles. The average Bonchev–Trinajstić information content (AvgIpc) is 3.55. The normalized spacial score (nSPS) is 16.0. The fraction of sp³-hybridized carbons (Fsp3) is 0.400. The summed E-state index contributed by atoms with van der Waals surface area (Å²) in [6, 6.07) is 17.3. The monoisotopic (exact) mass is 563 g/mol. The maximum absolute atomic E-state index is 13.5. The number of thiophene rings is 1. The average molecular weight is 564 g/mol. The van der Waals surface area contributed by atoms with Gasteiger partial charge in [-0.25, -0.2) is 0 Å². The lowest BCUT2D eigenvalue weighted by atomic mass is 10.1. The van der Waals surface area contributed by atoms with E-state index in [0.717, 1.165) is 82.6 Å². The highest BCUT2D eigenvalue weighted by molar-refractivity contribution is 7.12. The molecule has 0 atom stereocenters. The van der Waals surface area contributed by atoms with Gasteiger partial charge in [0, 0.05) is 57.2 Å². The van der Waals surface area contributed by atoms with Crippen molar-refractivity contribution in [3.8, 4) is 5.75 Å². The van der Waals surface area contributed by atoms with E-state index in [-0.39, 0.29) is 11.8 Å². The number of rotatable bonds is 10. The number of carbonyl (C=O) groups is 2. The van der Waals surface area contributed by atoms with Crippen LogP contribution >= 0.6 is 11.3 Å². The van der Waals surface area contributed by atoms with Crippen LogP contribution in [-0.2, 0) is 4.74 Å². The summed E-state index contributed by atoms with van der Waals surface area (Å²) in [5.74, 6) is 0.556. The topological polar surface area (TPSA) is 86.4 Å². The zero-order valence-corrected chi connectivity index (χ0v) is 23.8. The van der Waals surface area contributed by atoms with Gasteiger partial charge >= 0.3 is 0 Å². The lowest BCUT2D eigenvalue weighted by Gasteiger charge is -2.38. The molecule has 10 heteroatoms. The minimum Gasteiger partial charge on any atom is -0.495 e. The number of benzene rings is 2. The van der Waals surface area contributed by atoms with E-state index in [4.69, 9.17) is 9.47 Å². The van der Waals surface area contributed by atoms with E-state index in [9.17, 15) is 9.59 Å². The third-order valence-corrected chi connectivity index (χ3v) is 8.20. The van der Waals surface area contributed by atoms with Gasteiger partial charge in [0.15, 0.2) is 0 Å². The number of hydrogen-bond donors (Lipinski definition) is 2. The van der Waals surface area contributed by atoms with E-state index in [0.29, 0.717) is 22.7 Å². The van der Waals surface area contributed by atoms with Crippen molar-refractivity contribution in [3.05, 3.63) is 70.4 Å². The molecule has 0 unspecified atom stereocenters. The van der Waals surface area contributed by atoms with E-state index in [2.05, 4.69) is 31.4 Å². The summed E-state index contributed by atoms with van der Waals surface area (Å²) >= 11 is 1.39. The Balaban J connectivity index is 1.28. The fourth-order valence-electron chi connectivity index (χ4n) is 5.18. The number of nitrogens with one attached hydrogen (secondary N) is 2. The summed E-state index contributed by atoms with van der Waals surface area (Å²) in [7, 11) is 1.69. The molecule has 5 rings (SSSR count). The standard InChI is InChI=1S/C30H37N5O4S/c1-38-27-7-3-2-6-26(27)35-15-13-34(14-16-35)25-10-9-23(32-30(37)28-8-4-21-40-28)22-24(25)29(36)31-11-5-12-33-17-19-39-20-18-33/h2-4,6-10,21-22H,5,11-20H2,1H3,(H,31,36)(H,32,37). The van der Waals surface area contributed by atoms with Crippen molar-refractivity contribution in [3.63, 3.8) is 0 Å². The second-order valence-electron chi connectivity index (χ2n) is 9.87.